The Morgan fingerprint density at radius 2 is 2.05 bits per heavy atom. The van der Waals surface area contributed by atoms with Gasteiger partial charge in [0.25, 0.3) is 5.69 Å². The number of ether oxygens (including phenoxy) is 1. The van der Waals surface area contributed by atoms with Gasteiger partial charge in [-0.2, -0.15) is 0 Å². The fourth-order valence-electron chi connectivity index (χ4n) is 2.53. The van der Waals surface area contributed by atoms with E-state index in [2.05, 4.69) is 6.92 Å². The fourth-order valence-corrected chi connectivity index (χ4v) is 2.53. The van der Waals surface area contributed by atoms with Crippen molar-refractivity contribution in [1.29, 1.82) is 0 Å². The normalized spacial score (nSPS) is 20.5. The quantitative estimate of drug-likeness (QED) is 0.454. The van der Waals surface area contributed by atoms with Crippen LogP contribution in [0.5, 0.6) is 0 Å². The number of non-ortho nitro benzene ring substituents is 1. The van der Waals surface area contributed by atoms with Gasteiger partial charge in [-0.3, -0.25) is 14.9 Å². The number of Topliss-reactive ketones (excluding diaryl/α,β-unsaturated/α-hetero) is 1. The summed E-state index contributed by atoms with van der Waals surface area (Å²) in [5, 5.41) is 10.7. The molecule has 2 rings (SSSR count). The molecule has 0 fully saturated rings. The van der Waals surface area contributed by atoms with E-state index in [0.717, 1.165) is 12.8 Å². The summed E-state index contributed by atoms with van der Waals surface area (Å²) < 4.78 is 5.48. The van der Waals surface area contributed by atoms with Crippen LogP contribution in [0.4, 0.5) is 5.69 Å². The van der Waals surface area contributed by atoms with Gasteiger partial charge in [-0.05, 0) is 24.6 Å². The highest BCUT2D eigenvalue weighted by atomic mass is 16.6. The van der Waals surface area contributed by atoms with Crippen LogP contribution in [0, 0.1) is 10.1 Å². The highest BCUT2D eigenvalue weighted by Crippen LogP contribution is 2.30. The van der Waals surface area contributed by atoms with Gasteiger partial charge in [0.1, 0.15) is 0 Å². The van der Waals surface area contributed by atoms with Crippen molar-refractivity contribution in [2.75, 3.05) is 7.11 Å². The van der Waals surface area contributed by atoms with Crippen molar-refractivity contribution in [2.45, 2.75) is 31.8 Å². The summed E-state index contributed by atoms with van der Waals surface area (Å²) in [6, 6.07) is 5.61. The van der Waals surface area contributed by atoms with Crippen molar-refractivity contribution in [3.8, 4) is 0 Å². The lowest BCUT2D eigenvalue weighted by Crippen LogP contribution is -2.39. The molecule has 0 amide bonds. The Bertz CT molecular complexity index is 631. The van der Waals surface area contributed by atoms with E-state index in [4.69, 9.17) is 4.74 Å². The molecule has 1 unspecified atom stereocenters. The third-order valence-electron chi connectivity index (χ3n) is 3.86. The van der Waals surface area contributed by atoms with Crippen LogP contribution in [-0.4, -0.2) is 23.4 Å². The molecule has 1 atom stereocenters. The van der Waals surface area contributed by atoms with Crippen molar-refractivity contribution in [1.82, 2.24) is 0 Å². The number of rotatable bonds is 6. The maximum Gasteiger partial charge on any atom is 0.269 e. The van der Waals surface area contributed by atoms with Gasteiger partial charge in [0.05, 0.1) is 4.92 Å². The molecule has 22 heavy (non-hydrogen) atoms. The molecule has 0 N–H and O–H groups in total. The van der Waals surface area contributed by atoms with E-state index in [1.807, 2.05) is 12.2 Å². The summed E-state index contributed by atoms with van der Waals surface area (Å²) in [4.78, 5) is 22.9. The summed E-state index contributed by atoms with van der Waals surface area (Å²) in [7, 11) is 1.51. The molecular weight excluding hydrogens is 282 g/mol. The molecule has 5 nitrogen and oxygen atoms in total. The molecule has 5 heteroatoms. The molecule has 0 bridgehead atoms. The molecule has 0 saturated heterocycles. The Balaban J connectivity index is 2.23. The second-order valence-corrected chi connectivity index (χ2v) is 5.29. The van der Waals surface area contributed by atoms with Gasteiger partial charge in [-0.25, -0.2) is 0 Å². The zero-order valence-corrected chi connectivity index (χ0v) is 12.7. The third-order valence-corrected chi connectivity index (χ3v) is 3.86. The molecule has 0 heterocycles. The second kappa shape index (κ2) is 6.66. The van der Waals surface area contributed by atoms with Gasteiger partial charge in [-0.1, -0.05) is 31.1 Å². The lowest BCUT2D eigenvalue weighted by atomic mass is 9.84. The molecule has 0 radical (unpaired) electrons. The van der Waals surface area contributed by atoms with Crippen molar-refractivity contribution < 1.29 is 14.5 Å². The van der Waals surface area contributed by atoms with Crippen LogP contribution in [-0.2, 0) is 4.74 Å². The number of carbonyl (C=O) groups excluding carboxylic acids is 1. The number of allylic oxidation sites excluding steroid dienone is 2. The number of carbonyl (C=O) groups is 1. The lowest BCUT2D eigenvalue weighted by molar-refractivity contribution is -0.384. The first kappa shape index (κ1) is 16.1. The molecule has 116 valence electrons. The first-order valence-corrected chi connectivity index (χ1v) is 7.25. The van der Waals surface area contributed by atoms with Gasteiger partial charge < -0.3 is 4.74 Å². The SMILES string of the molecule is CCCC1=CCC(OC)(C(=O)c2ccc([N+](=O)[O-])cc2)C=C1. The van der Waals surface area contributed by atoms with Crippen LogP contribution >= 0.6 is 0 Å². The number of nitrogens with zero attached hydrogens (tertiary/aromatic N) is 1. The van der Waals surface area contributed by atoms with E-state index in [0.29, 0.717) is 12.0 Å². The number of hydrogen-bond donors (Lipinski definition) is 0. The zero-order valence-electron chi connectivity index (χ0n) is 12.7. The average Bonchev–Trinajstić information content (AvgIpc) is 2.55. The van der Waals surface area contributed by atoms with Crippen molar-refractivity contribution in [3.63, 3.8) is 0 Å². The third kappa shape index (κ3) is 3.14. The molecule has 1 aliphatic carbocycles. The minimum absolute atomic E-state index is 0.0349. The second-order valence-electron chi connectivity index (χ2n) is 5.29. The molecule has 0 aromatic heterocycles. The Morgan fingerprint density at radius 1 is 1.36 bits per heavy atom. The standard InChI is InChI=1S/C17H19NO4/c1-3-4-13-9-11-17(22-2,12-10-13)16(19)14-5-7-15(8-6-14)18(20)21/h5-11H,3-4,12H2,1-2H3. The minimum Gasteiger partial charge on any atom is -0.366 e. The van der Waals surface area contributed by atoms with Gasteiger partial charge in [0.15, 0.2) is 11.4 Å². The number of methoxy groups -OCH3 is 1. The monoisotopic (exact) mass is 301 g/mol. The first-order valence-electron chi connectivity index (χ1n) is 7.25. The molecule has 1 aromatic carbocycles. The van der Waals surface area contributed by atoms with E-state index in [1.54, 1.807) is 6.08 Å². The summed E-state index contributed by atoms with van der Waals surface area (Å²) >= 11 is 0. The van der Waals surface area contributed by atoms with Crippen molar-refractivity contribution in [2.24, 2.45) is 0 Å². The number of nitro groups is 1. The van der Waals surface area contributed by atoms with E-state index in [1.165, 1.54) is 36.9 Å². The summed E-state index contributed by atoms with van der Waals surface area (Å²) in [5.74, 6) is -0.187. The Hall–Kier alpha value is -2.27. The summed E-state index contributed by atoms with van der Waals surface area (Å²) in [6.07, 6.45) is 8.25. The maximum absolute atomic E-state index is 12.7. The molecule has 0 aliphatic heterocycles. The van der Waals surface area contributed by atoms with E-state index < -0.39 is 10.5 Å². The van der Waals surface area contributed by atoms with Crippen LogP contribution in [0.3, 0.4) is 0 Å². The number of hydrogen-bond acceptors (Lipinski definition) is 4. The predicted octanol–water partition coefficient (Wildman–Crippen LogP) is 3.85. The Labute approximate surface area is 129 Å². The van der Waals surface area contributed by atoms with Crippen molar-refractivity contribution in [3.05, 3.63) is 63.7 Å². The smallest absolute Gasteiger partial charge is 0.269 e. The van der Waals surface area contributed by atoms with Crippen molar-refractivity contribution >= 4 is 11.5 Å². The minimum atomic E-state index is -1.02. The van der Waals surface area contributed by atoms with Crippen LogP contribution in [0.25, 0.3) is 0 Å². The zero-order chi connectivity index (χ0) is 16.2. The fraction of sp³-hybridized carbons (Fsp3) is 0.353. The molecular formula is C17H19NO4. The summed E-state index contributed by atoms with van der Waals surface area (Å²) in [6.45, 7) is 2.11. The van der Waals surface area contributed by atoms with E-state index in [9.17, 15) is 14.9 Å². The number of ketones is 1. The van der Waals surface area contributed by atoms with Crippen LogP contribution in [0.15, 0.2) is 48.1 Å². The molecule has 0 saturated carbocycles. The van der Waals surface area contributed by atoms with Gasteiger partial charge in [0.2, 0.25) is 0 Å². The van der Waals surface area contributed by atoms with E-state index >= 15 is 0 Å². The molecule has 1 aliphatic rings. The first-order chi connectivity index (χ1) is 10.5. The largest absolute Gasteiger partial charge is 0.366 e. The van der Waals surface area contributed by atoms with Gasteiger partial charge >= 0.3 is 0 Å². The predicted molar refractivity (Wildman–Crippen MR) is 83.9 cm³/mol. The number of nitro benzene ring substituents is 1. The van der Waals surface area contributed by atoms with Crippen LogP contribution in [0.1, 0.15) is 36.5 Å². The molecule has 1 aromatic rings. The van der Waals surface area contributed by atoms with Crippen LogP contribution in [0.2, 0.25) is 0 Å². The van der Waals surface area contributed by atoms with E-state index in [-0.39, 0.29) is 11.5 Å². The summed E-state index contributed by atoms with van der Waals surface area (Å²) in [5.41, 5.74) is 0.552. The maximum atomic E-state index is 12.7. The van der Waals surface area contributed by atoms with Crippen LogP contribution < -0.4 is 0 Å². The molecule has 0 spiro atoms. The number of benzene rings is 1. The average molecular weight is 301 g/mol. The Kier molecular flexibility index (Phi) is 4.88. The lowest BCUT2D eigenvalue weighted by Gasteiger charge is -2.29. The van der Waals surface area contributed by atoms with Gasteiger partial charge in [0, 0.05) is 31.2 Å². The Morgan fingerprint density at radius 3 is 2.50 bits per heavy atom. The van der Waals surface area contributed by atoms with Gasteiger partial charge in [-0.15, -0.1) is 0 Å². The highest BCUT2D eigenvalue weighted by molar-refractivity contribution is 6.04. The highest BCUT2D eigenvalue weighted by Gasteiger charge is 2.37. The topological polar surface area (TPSA) is 69.4 Å².